The zero-order valence-corrected chi connectivity index (χ0v) is 15.9. The van der Waals surface area contributed by atoms with Crippen LogP contribution in [0, 0.1) is 17.5 Å². The van der Waals surface area contributed by atoms with Crippen LogP contribution in [0.1, 0.15) is 38.7 Å². The molecule has 28 heavy (non-hydrogen) atoms. The maximum Gasteiger partial charge on any atom is 0.257 e. The van der Waals surface area contributed by atoms with Crippen LogP contribution in [0.5, 0.6) is 0 Å². The van der Waals surface area contributed by atoms with Gasteiger partial charge >= 0.3 is 0 Å². The molecule has 2 atom stereocenters. The summed E-state index contributed by atoms with van der Waals surface area (Å²) in [7, 11) is 0. The van der Waals surface area contributed by atoms with Gasteiger partial charge < -0.3 is 16.0 Å². The smallest absolute Gasteiger partial charge is 0.257 e. The maximum absolute atomic E-state index is 13.7. The highest BCUT2D eigenvalue weighted by atomic mass is 19.2. The van der Waals surface area contributed by atoms with Gasteiger partial charge in [-0.25, -0.2) is 17.6 Å². The molecule has 1 heterocycles. The van der Waals surface area contributed by atoms with E-state index in [-0.39, 0.29) is 36.9 Å². The number of carbonyl (C=O) groups is 2. The van der Waals surface area contributed by atoms with E-state index in [1.165, 1.54) is 0 Å². The second kappa shape index (κ2) is 8.89. The largest absolute Gasteiger partial charge is 0.351 e. The minimum Gasteiger partial charge on any atom is -0.351 e. The lowest BCUT2D eigenvalue weighted by atomic mass is 10.0. The summed E-state index contributed by atoms with van der Waals surface area (Å²) in [5, 5.41) is 2.50. The van der Waals surface area contributed by atoms with Gasteiger partial charge in [0.1, 0.15) is 5.82 Å². The molecule has 0 aliphatic carbocycles. The number of amides is 2. The van der Waals surface area contributed by atoms with Crippen LogP contribution in [-0.4, -0.2) is 47.6 Å². The fourth-order valence-corrected chi connectivity index (χ4v) is 3.21. The Bertz CT molecular complexity index is 737. The monoisotopic (exact) mass is 403 g/mol. The molecule has 0 bridgehead atoms. The number of likely N-dealkylation sites (tertiary alicyclic amines) is 1. The van der Waals surface area contributed by atoms with Gasteiger partial charge in [0.15, 0.2) is 17.3 Å². The molecule has 1 aliphatic rings. The van der Waals surface area contributed by atoms with Gasteiger partial charge in [-0.2, -0.15) is 0 Å². The number of hydrogen-bond donors (Lipinski definition) is 2. The van der Waals surface area contributed by atoms with Crippen molar-refractivity contribution >= 4 is 11.8 Å². The van der Waals surface area contributed by atoms with Crippen LogP contribution in [0.4, 0.5) is 17.6 Å². The fourth-order valence-electron chi connectivity index (χ4n) is 3.21. The molecule has 1 aromatic rings. The Balaban J connectivity index is 1.92. The molecule has 0 spiro atoms. The quantitative estimate of drug-likeness (QED) is 0.542. The molecule has 156 valence electrons. The molecule has 9 heteroatoms. The summed E-state index contributed by atoms with van der Waals surface area (Å²) in [4.78, 5) is 25.8. The van der Waals surface area contributed by atoms with E-state index in [0.29, 0.717) is 19.0 Å². The number of nitrogens with two attached hydrogens (primary N) is 1. The topological polar surface area (TPSA) is 75.4 Å². The molecule has 0 saturated carbocycles. The van der Waals surface area contributed by atoms with Gasteiger partial charge in [0.2, 0.25) is 5.91 Å². The lowest BCUT2D eigenvalue weighted by molar-refractivity contribution is -0.134. The summed E-state index contributed by atoms with van der Waals surface area (Å²) < 4.78 is 53.6. The molecular formula is C19H25F4N3O2. The van der Waals surface area contributed by atoms with Crippen LogP contribution in [0.2, 0.25) is 0 Å². The van der Waals surface area contributed by atoms with Crippen molar-refractivity contribution in [2.75, 3.05) is 13.1 Å². The highest BCUT2D eigenvalue weighted by molar-refractivity contribution is 5.84. The molecule has 0 aromatic heterocycles. The first-order chi connectivity index (χ1) is 13.0. The summed E-state index contributed by atoms with van der Waals surface area (Å²) >= 11 is 0. The second-order valence-corrected chi connectivity index (χ2v) is 7.59. The molecular weight excluding hydrogens is 378 g/mol. The van der Waals surface area contributed by atoms with E-state index in [1.54, 1.807) is 4.90 Å². The number of halogens is 4. The third-order valence-corrected chi connectivity index (χ3v) is 4.74. The first-order valence-electron chi connectivity index (χ1n) is 9.14. The minimum atomic E-state index is -2.01. The summed E-state index contributed by atoms with van der Waals surface area (Å²) in [6.45, 7) is 2.91. The Labute approximate surface area is 161 Å². The third kappa shape index (κ3) is 5.67. The molecule has 1 aromatic carbocycles. The Morgan fingerprint density at radius 1 is 1.25 bits per heavy atom. The highest BCUT2D eigenvalue weighted by Gasteiger charge is 2.32. The molecule has 5 nitrogen and oxygen atoms in total. The summed E-state index contributed by atoms with van der Waals surface area (Å²) in [6.07, 6.45) is 1.15. The first-order valence-corrected chi connectivity index (χ1v) is 9.14. The lowest BCUT2D eigenvalue weighted by Gasteiger charge is -2.27. The number of alkyl halides is 1. The lowest BCUT2D eigenvalue weighted by Crippen LogP contribution is -2.48. The van der Waals surface area contributed by atoms with Crippen LogP contribution in [0.25, 0.3) is 0 Å². The van der Waals surface area contributed by atoms with Gasteiger partial charge in [-0.3, -0.25) is 9.59 Å². The summed E-state index contributed by atoms with van der Waals surface area (Å²) in [5.41, 5.74) is 3.79. The van der Waals surface area contributed by atoms with E-state index in [4.69, 9.17) is 5.73 Å². The first kappa shape index (κ1) is 22.1. The van der Waals surface area contributed by atoms with Gasteiger partial charge in [-0.15, -0.1) is 0 Å². The number of nitrogens with one attached hydrogen (secondary N) is 1. The van der Waals surface area contributed by atoms with Crippen molar-refractivity contribution in [2.24, 2.45) is 5.73 Å². The van der Waals surface area contributed by atoms with Crippen LogP contribution in [0.15, 0.2) is 12.1 Å². The number of carbonyl (C=O) groups excluding carboxylic acids is 2. The van der Waals surface area contributed by atoms with Crippen molar-refractivity contribution in [2.45, 2.75) is 57.3 Å². The van der Waals surface area contributed by atoms with Gasteiger partial charge in [-0.1, -0.05) is 0 Å². The highest BCUT2D eigenvalue weighted by Crippen LogP contribution is 2.20. The van der Waals surface area contributed by atoms with E-state index in [0.717, 1.165) is 26.3 Å². The molecule has 3 N–H and O–H groups in total. The predicted molar refractivity (Wildman–Crippen MR) is 95.5 cm³/mol. The Kier molecular flexibility index (Phi) is 7.03. The van der Waals surface area contributed by atoms with Crippen molar-refractivity contribution in [1.82, 2.24) is 10.2 Å². The summed E-state index contributed by atoms with van der Waals surface area (Å²) in [6, 6.07) is 0.130. The number of hydrogen-bond acceptors (Lipinski definition) is 3. The third-order valence-electron chi connectivity index (χ3n) is 4.74. The van der Waals surface area contributed by atoms with Crippen LogP contribution >= 0.6 is 0 Å². The van der Waals surface area contributed by atoms with Crippen molar-refractivity contribution < 1.29 is 27.2 Å². The molecule has 0 unspecified atom stereocenters. The van der Waals surface area contributed by atoms with E-state index in [1.807, 2.05) is 0 Å². The van der Waals surface area contributed by atoms with Gasteiger partial charge in [0, 0.05) is 37.7 Å². The fraction of sp³-hybridized carbons (Fsp3) is 0.579. The minimum absolute atomic E-state index is 0.102. The zero-order valence-electron chi connectivity index (χ0n) is 15.9. The van der Waals surface area contributed by atoms with Crippen LogP contribution in [0.3, 0.4) is 0 Å². The average molecular weight is 403 g/mol. The maximum atomic E-state index is 13.7. The second-order valence-electron chi connectivity index (χ2n) is 7.59. The van der Waals surface area contributed by atoms with Crippen LogP contribution in [-0.2, 0) is 16.0 Å². The standard InChI is InChI=1S/C19H25F4N3O2/c1-19(2,23)18(28)25-10-13-4-3-5-26(13)17(27)8-12(24)6-11-7-15(21)16(22)9-14(11)20/h7,9,12-13H,3-6,8,10,24H2,1-2H3,(H,25,28)/t12-,13+/m1/s1. The average Bonchev–Trinajstić information content (AvgIpc) is 3.05. The number of benzene rings is 1. The van der Waals surface area contributed by atoms with Gasteiger partial charge in [0.25, 0.3) is 5.91 Å². The summed E-state index contributed by atoms with van der Waals surface area (Å²) in [5.74, 6) is -4.42. The normalized spacial score (nSPS) is 18.2. The Morgan fingerprint density at radius 3 is 2.54 bits per heavy atom. The Hall–Kier alpha value is -2.16. The van der Waals surface area contributed by atoms with Gasteiger partial charge in [0.05, 0.1) is 0 Å². The SMILES string of the molecule is CC(C)(F)C(=O)NC[C@@H]1CCCN1C(=O)C[C@H](N)Cc1cc(F)c(F)cc1F. The van der Waals surface area contributed by atoms with Crippen LogP contribution < -0.4 is 11.1 Å². The van der Waals surface area contributed by atoms with E-state index in [9.17, 15) is 27.2 Å². The zero-order chi connectivity index (χ0) is 21.1. The Morgan fingerprint density at radius 2 is 1.89 bits per heavy atom. The molecule has 2 amide bonds. The molecule has 2 rings (SSSR count). The van der Waals surface area contributed by atoms with Crippen molar-refractivity contribution in [3.63, 3.8) is 0 Å². The predicted octanol–water partition coefficient (Wildman–Crippen LogP) is 2.22. The molecule has 1 fully saturated rings. The van der Waals surface area contributed by atoms with Crippen molar-refractivity contribution in [3.05, 3.63) is 35.1 Å². The van der Waals surface area contributed by atoms with Crippen molar-refractivity contribution in [1.29, 1.82) is 0 Å². The van der Waals surface area contributed by atoms with E-state index in [2.05, 4.69) is 5.32 Å². The van der Waals surface area contributed by atoms with Gasteiger partial charge in [-0.05, 0) is 44.7 Å². The molecule has 1 aliphatic heterocycles. The molecule has 1 saturated heterocycles. The number of nitrogens with zero attached hydrogens (tertiary/aromatic N) is 1. The van der Waals surface area contributed by atoms with E-state index < -0.39 is 35.1 Å². The molecule has 0 radical (unpaired) electrons. The van der Waals surface area contributed by atoms with Crippen molar-refractivity contribution in [3.8, 4) is 0 Å². The van der Waals surface area contributed by atoms with E-state index >= 15 is 0 Å². The number of rotatable bonds is 7.